The first-order valence-corrected chi connectivity index (χ1v) is 12.6. The summed E-state index contributed by atoms with van der Waals surface area (Å²) in [4.78, 5) is 12.3. The first-order chi connectivity index (χ1) is 15.1. The van der Waals surface area contributed by atoms with Gasteiger partial charge in [-0.2, -0.15) is 0 Å². The van der Waals surface area contributed by atoms with Crippen molar-refractivity contribution < 1.29 is 14.3 Å². The van der Waals surface area contributed by atoms with Gasteiger partial charge in [0.15, 0.2) is 0 Å². The van der Waals surface area contributed by atoms with Crippen LogP contribution in [-0.4, -0.2) is 12.6 Å². The zero-order chi connectivity index (χ0) is 21.9. The molecule has 166 valence electrons. The van der Waals surface area contributed by atoms with Crippen molar-refractivity contribution in [2.24, 2.45) is 11.8 Å². The number of allylic oxidation sites excluding steroid dienone is 1. The van der Waals surface area contributed by atoms with Crippen molar-refractivity contribution in [3.05, 3.63) is 69.8 Å². The highest BCUT2D eigenvalue weighted by atomic mass is 127. The van der Waals surface area contributed by atoms with Crippen LogP contribution in [0.15, 0.2) is 60.7 Å². The monoisotopic (exact) mass is 532 g/mol. The second-order valence-corrected chi connectivity index (χ2v) is 9.63. The summed E-state index contributed by atoms with van der Waals surface area (Å²) in [6.45, 7) is 2.83. The molecule has 0 radical (unpaired) electrons. The van der Waals surface area contributed by atoms with Gasteiger partial charge in [0.2, 0.25) is 0 Å². The Morgan fingerprint density at radius 1 is 0.968 bits per heavy atom. The molecule has 1 fully saturated rings. The van der Waals surface area contributed by atoms with Gasteiger partial charge in [0.1, 0.15) is 18.1 Å². The van der Waals surface area contributed by atoms with Crippen LogP contribution in [-0.2, 0) is 0 Å². The molecule has 2 aromatic rings. The molecule has 0 N–H and O–H groups in total. The molecule has 0 atom stereocenters. The van der Waals surface area contributed by atoms with Crippen molar-refractivity contribution in [1.29, 1.82) is 0 Å². The van der Waals surface area contributed by atoms with Gasteiger partial charge in [-0.05, 0) is 109 Å². The van der Waals surface area contributed by atoms with Gasteiger partial charge in [0.25, 0.3) is 0 Å². The highest BCUT2D eigenvalue weighted by Crippen LogP contribution is 2.32. The normalized spacial score (nSPS) is 18.8. The van der Waals surface area contributed by atoms with Crippen LogP contribution in [0.25, 0.3) is 0 Å². The lowest BCUT2D eigenvalue weighted by atomic mass is 9.79. The summed E-state index contributed by atoms with van der Waals surface area (Å²) >= 11 is 2.22. The van der Waals surface area contributed by atoms with Gasteiger partial charge in [0.05, 0.1) is 5.56 Å². The van der Waals surface area contributed by atoms with Crippen LogP contribution in [0.1, 0.15) is 68.6 Å². The van der Waals surface area contributed by atoms with E-state index in [-0.39, 0.29) is 5.97 Å². The van der Waals surface area contributed by atoms with E-state index in [1.165, 1.54) is 51.4 Å². The molecule has 0 amide bonds. The Morgan fingerprint density at radius 3 is 2.32 bits per heavy atom. The number of unbranched alkanes of at least 4 members (excludes halogenated alkanes) is 2. The average Bonchev–Trinajstić information content (AvgIpc) is 2.80. The first kappa shape index (κ1) is 23.8. The lowest BCUT2D eigenvalue weighted by Gasteiger charge is -2.26. The van der Waals surface area contributed by atoms with Crippen LogP contribution in [0.3, 0.4) is 0 Å². The Hall–Kier alpha value is -1.82. The zero-order valence-corrected chi connectivity index (χ0v) is 20.6. The highest BCUT2D eigenvalue weighted by molar-refractivity contribution is 14.1. The molecular weight excluding hydrogens is 499 g/mol. The summed E-state index contributed by atoms with van der Waals surface area (Å²) in [5, 5.41) is 0. The summed E-state index contributed by atoms with van der Waals surface area (Å²) in [7, 11) is 0. The number of hydrogen-bond donors (Lipinski definition) is 0. The van der Waals surface area contributed by atoms with E-state index in [0.29, 0.717) is 23.8 Å². The van der Waals surface area contributed by atoms with Crippen LogP contribution in [0.4, 0.5) is 0 Å². The summed E-state index contributed by atoms with van der Waals surface area (Å²) < 4.78 is 12.3. The number of hydrogen-bond acceptors (Lipinski definition) is 3. The smallest absolute Gasteiger partial charge is 0.343 e. The number of benzene rings is 2. The molecule has 0 saturated heterocycles. The van der Waals surface area contributed by atoms with E-state index in [1.54, 1.807) is 24.3 Å². The Kier molecular flexibility index (Phi) is 9.91. The van der Waals surface area contributed by atoms with E-state index in [9.17, 15) is 4.79 Å². The standard InChI is InChI=1S/C27H33IO3/c1-2-3-4-6-21-8-10-22(11-9-21)7-5-20-30-25-16-12-23(13-17-25)27(29)31-26-18-14-24(28)15-19-26/h5,7,12-19,21-22H,2-4,6,8-11,20H2,1H3/b7-5+/t21-,22-. The third kappa shape index (κ3) is 8.32. The van der Waals surface area contributed by atoms with Gasteiger partial charge in [0, 0.05) is 3.57 Å². The lowest BCUT2D eigenvalue weighted by molar-refractivity contribution is 0.0734. The maximum atomic E-state index is 12.3. The average molecular weight is 532 g/mol. The van der Waals surface area contributed by atoms with Gasteiger partial charge in [-0.15, -0.1) is 0 Å². The Labute approximate surface area is 200 Å². The molecule has 1 saturated carbocycles. The van der Waals surface area contributed by atoms with Gasteiger partial charge in [-0.3, -0.25) is 0 Å². The van der Waals surface area contributed by atoms with E-state index >= 15 is 0 Å². The Balaban J connectivity index is 1.36. The summed E-state index contributed by atoms with van der Waals surface area (Å²) in [6, 6.07) is 14.5. The van der Waals surface area contributed by atoms with Crippen molar-refractivity contribution in [3.63, 3.8) is 0 Å². The van der Waals surface area contributed by atoms with Crippen molar-refractivity contribution in [3.8, 4) is 11.5 Å². The van der Waals surface area contributed by atoms with E-state index in [4.69, 9.17) is 9.47 Å². The van der Waals surface area contributed by atoms with Crippen LogP contribution in [0.2, 0.25) is 0 Å². The van der Waals surface area contributed by atoms with E-state index in [0.717, 1.165) is 15.2 Å². The molecule has 3 nitrogen and oxygen atoms in total. The van der Waals surface area contributed by atoms with Crippen LogP contribution in [0.5, 0.6) is 11.5 Å². The van der Waals surface area contributed by atoms with Gasteiger partial charge in [-0.1, -0.05) is 44.8 Å². The quantitative estimate of drug-likeness (QED) is 0.103. The second kappa shape index (κ2) is 12.9. The fraction of sp³-hybridized carbons (Fsp3) is 0.444. The molecule has 1 aliphatic carbocycles. The molecule has 4 heteroatoms. The summed E-state index contributed by atoms with van der Waals surface area (Å²) in [5.41, 5.74) is 0.511. The third-order valence-corrected chi connectivity index (χ3v) is 6.70. The van der Waals surface area contributed by atoms with Crippen molar-refractivity contribution in [1.82, 2.24) is 0 Å². The Bertz CT molecular complexity index is 819. The molecule has 31 heavy (non-hydrogen) atoms. The predicted molar refractivity (Wildman–Crippen MR) is 135 cm³/mol. The Morgan fingerprint density at radius 2 is 1.65 bits per heavy atom. The van der Waals surface area contributed by atoms with Gasteiger partial charge >= 0.3 is 5.97 Å². The largest absolute Gasteiger partial charge is 0.490 e. The van der Waals surface area contributed by atoms with Crippen molar-refractivity contribution in [2.45, 2.75) is 58.3 Å². The van der Waals surface area contributed by atoms with Crippen LogP contribution < -0.4 is 9.47 Å². The highest BCUT2D eigenvalue weighted by Gasteiger charge is 2.18. The van der Waals surface area contributed by atoms with Gasteiger partial charge in [-0.25, -0.2) is 4.79 Å². The number of esters is 1. The third-order valence-electron chi connectivity index (χ3n) is 5.98. The number of rotatable bonds is 10. The first-order valence-electron chi connectivity index (χ1n) is 11.5. The lowest BCUT2D eigenvalue weighted by Crippen LogP contribution is -2.13. The summed E-state index contributed by atoms with van der Waals surface area (Å²) in [5.74, 6) is 2.59. The van der Waals surface area contributed by atoms with Gasteiger partial charge < -0.3 is 9.47 Å². The number of halogens is 1. The molecule has 0 heterocycles. The molecule has 3 rings (SSSR count). The van der Waals surface area contributed by atoms with E-state index < -0.39 is 0 Å². The molecule has 0 aliphatic heterocycles. The second-order valence-electron chi connectivity index (χ2n) is 8.38. The number of carbonyl (C=O) groups is 1. The SMILES string of the molecule is CCCCC[C@H]1CC[C@H](/C=C/COc2ccc(C(=O)Oc3ccc(I)cc3)cc2)CC1. The molecule has 1 aliphatic rings. The van der Waals surface area contributed by atoms with E-state index in [1.807, 2.05) is 24.3 Å². The minimum Gasteiger partial charge on any atom is -0.490 e. The molecular formula is C27H33IO3. The topological polar surface area (TPSA) is 35.5 Å². The molecule has 0 bridgehead atoms. The predicted octanol–water partition coefficient (Wildman–Crippen LogP) is 7.83. The van der Waals surface area contributed by atoms with Crippen molar-refractivity contribution >= 4 is 28.6 Å². The maximum absolute atomic E-state index is 12.3. The molecule has 0 aromatic heterocycles. The number of carbonyl (C=O) groups excluding carboxylic acids is 1. The fourth-order valence-corrected chi connectivity index (χ4v) is 4.46. The zero-order valence-electron chi connectivity index (χ0n) is 18.4. The van der Waals surface area contributed by atoms with Crippen LogP contribution >= 0.6 is 22.6 Å². The molecule has 0 unspecified atom stereocenters. The van der Waals surface area contributed by atoms with E-state index in [2.05, 4.69) is 41.7 Å². The van der Waals surface area contributed by atoms with Crippen molar-refractivity contribution in [2.75, 3.05) is 6.61 Å². The fourth-order valence-electron chi connectivity index (χ4n) is 4.10. The van der Waals surface area contributed by atoms with Crippen LogP contribution in [0, 0.1) is 15.4 Å². The molecule has 2 aromatic carbocycles. The molecule has 0 spiro atoms. The minimum absolute atomic E-state index is 0.363. The summed E-state index contributed by atoms with van der Waals surface area (Å²) in [6.07, 6.45) is 15.4. The minimum atomic E-state index is -0.363. The number of ether oxygens (including phenoxy) is 2. The maximum Gasteiger partial charge on any atom is 0.343 e.